The molecule has 0 heterocycles. The monoisotopic (exact) mass is 92.1 g/mol. The van der Waals surface area contributed by atoms with Crippen LogP contribution in [0.4, 0.5) is 0 Å². The van der Waals surface area contributed by atoms with E-state index in [1.54, 1.807) is 0 Å². The van der Waals surface area contributed by atoms with Gasteiger partial charge in [-0.15, -0.1) is 12.3 Å². The van der Waals surface area contributed by atoms with Gasteiger partial charge in [0, 0.05) is 5.92 Å². The summed E-state index contributed by atoms with van der Waals surface area (Å²) in [6.07, 6.45) is 11.6. The number of hydrogen-bond donors (Lipinski definition) is 0. The Kier molecular flexibility index (Phi) is 1.17. The topological polar surface area (TPSA) is 0 Å². The maximum Gasteiger partial charge on any atom is 0.0269 e. The third-order valence-electron chi connectivity index (χ3n) is 1.24. The molecule has 0 bridgehead atoms. The molecule has 0 amide bonds. The van der Waals surface area contributed by atoms with E-state index in [2.05, 4.69) is 18.1 Å². The summed E-state index contributed by atoms with van der Waals surface area (Å²) >= 11 is 0. The highest BCUT2D eigenvalue weighted by Crippen LogP contribution is 2.15. The van der Waals surface area contributed by atoms with Gasteiger partial charge >= 0.3 is 0 Å². The zero-order chi connectivity index (χ0) is 5.11. The summed E-state index contributed by atoms with van der Waals surface area (Å²) in [6.45, 7) is 0. The van der Waals surface area contributed by atoms with Crippen molar-refractivity contribution >= 4 is 0 Å². The van der Waals surface area contributed by atoms with Gasteiger partial charge in [0.1, 0.15) is 0 Å². The molecule has 1 aliphatic carbocycles. The second-order valence-electron chi connectivity index (χ2n) is 1.81. The molecule has 0 spiro atoms. The summed E-state index contributed by atoms with van der Waals surface area (Å²) in [6, 6.07) is 0. The fraction of sp³-hybridized carbons (Fsp3) is 0.429. The number of hydrogen-bond acceptors (Lipinski definition) is 0. The molecule has 0 aromatic heterocycles. The Balaban J connectivity index is 2.39. The van der Waals surface area contributed by atoms with E-state index >= 15 is 0 Å². The van der Waals surface area contributed by atoms with Crippen LogP contribution in [-0.4, -0.2) is 0 Å². The van der Waals surface area contributed by atoms with E-state index in [1.807, 2.05) is 0 Å². The number of rotatable bonds is 0. The maximum absolute atomic E-state index is 5.14. The molecule has 1 aliphatic rings. The van der Waals surface area contributed by atoms with Crippen LogP contribution in [0.5, 0.6) is 0 Å². The molecule has 0 aliphatic heterocycles. The predicted octanol–water partition coefficient (Wildman–Crippen LogP) is 1.59. The van der Waals surface area contributed by atoms with Crippen molar-refractivity contribution in [2.24, 2.45) is 5.92 Å². The lowest BCUT2D eigenvalue weighted by molar-refractivity contribution is 0.745. The van der Waals surface area contributed by atoms with Crippen LogP contribution in [0.1, 0.15) is 12.8 Å². The quantitative estimate of drug-likeness (QED) is 0.314. The van der Waals surface area contributed by atoms with Gasteiger partial charge in [0.05, 0.1) is 0 Å². The summed E-state index contributed by atoms with van der Waals surface area (Å²) < 4.78 is 0. The van der Waals surface area contributed by atoms with E-state index in [4.69, 9.17) is 6.42 Å². The molecule has 0 aromatic rings. The Morgan fingerprint density at radius 3 is 2.29 bits per heavy atom. The summed E-state index contributed by atoms with van der Waals surface area (Å²) in [5.41, 5.74) is 0. The Morgan fingerprint density at radius 2 is 2.00 bits per heavy atom. The van der Waals surface area contributed by atoms with Crippen LogP contribution in [0.15, 0.2) is 12.2 Å². The molecule has 0 nitrogen and oxygen atoms in total. The number of terminal acetylenes is 1. The van der Waals surface area contributed by atoms with Crippen LogP contribution in [-0.2, 0) is 0 Å². The molecule has 0 atom stereocenters. The minimum absolute atomic E-state index is 0.514. The van der Waals surface area contributed by atoms with Crippen LogP contribution in [0.2, 0.25) is 0 Å². The lowest BCUT2D eigenvalue weighted by atomic mass is 10.1. The van der Waals surface area contributed by atoms with E-state index in [-0.39, 0.29) is 0 Å². The molecule has 36 valence electrons. The molecule has 0 fully saturated rings. The molecule has 0 heteroatoms. The lowest BCUT2D eigenvalue weighted by Crippen LogP contribution is -1.84. The van der Waals surface area contributed by atoms with Gasteiger partial charge in [-0.2, -0.15) is 0 Å². The Morgan fingerprint density at radius 1 is 1.43 bits per heavy atom. The zero-order valence-corrected chi connectivity index (χ0v) is 4.22. The normalized spacial score (nSPS) is 19.9. The third kappa shape index (κ3) is 0.838. The van der Waals surface area contributed by atoms with E-state index in [9.17, 15) is 0 Å². The molecule has 7 heavy (non-hydrogen) atoms. The van der Waals surface area contributed by atoms with Gasteiger partial charge in [0.15, 0.2) is 0 Å². The van der Waals surface area contributed by atoms with Crippen LogP contribution < -0.4 is 0 Å². The molecular weight excluding hydrogens is 84.1 g/mol. The lowest BCUT2D eigenvalue weighted by Gasteiger charge is -1.92. The summed E-state index contributed by atoms with van der Waals surface area (Å²) in [4.78, 5) is 0. The predicted molar refractivity (Wildman–Crippen MR) is 30.7 cm³/mol. The van der Waals surface area contributed by atoms with Crippen molar-refractivity contribution in [3.05, 3.63) is 12.2 Å². The number of allylic oxidation sites excluding steroid dienone is 2. The van der Waals surface area contributed by atoms with Crippen molar-refractivity contribution < 1.29 is 0 Å². The minimum atomic E-state index is 0.514. The second kappa shape index (κ2) is 1.84. The van der Waals surface area contributed by atoms with Gasteiger partial charge in [-0.25, -0.2) is 0 Å². The van der Waals surface area contributed by atoms with Gasteiger partial charge in [-0.1, -0.05) is 12.2 Å². The first kappa shape index (κ1) is 4.46. The van der Waals surface area contributed by atoms with Gasteiger partial charge < -0.3 is 0 Å². The molecule has 1 rings (SSSR count). The third-order valence-corrected chi connectivity index (χ3v) is 1.24. The van der Waals surface area contributed by atoms with Crippen molar-refractivity contribution in [1.82, 2.24) is 0 Å². The highest BCUT2D eigenvalue weighted by atomic mass is 14.1. The SMILES string of the molecule is C#CC1CC=CC1. The molecule has 0 radical (unpaired) electrons. The van der Waals surface area contributed by atoms with Gasteiger partial charge in [-0.05, 0) is 12.8 Å². The fourth-order valence-electron chi connectivity index (χ4n) is 0.753. The van der Waals surface area contributed by atoms with Gasteiger partial charge in [-0.3, -0.25) is 0 Å². The Bertz CT molecular complexity index is 106. The highest BCUT2D eigenvalue weighted by molar-refractivity contribution is 5.06. The van der Waals surface area contributed by atoms with Gasteiger partial charge in [0.2, 0.25) is 0 Å². The molecular formula is C7H8. The van der Waals surface area contributed by atoms with E-state index < -0.39 is 0 Å². The fourth-order valence-corrected chi connectivity index (χ4v) is 0.753. The van der Waals surface area contributed by atoms with Crippen LogP contribution in [0.3, 0.4) is 0 Å². The Labute approximate surface area is 44.2 Å². The second-order valence-corrected chi connectivity index (χ2v) is 1.81. The zero-order valence-electron chi connectivity index (χ0n) is 4.22. The highest BCUT2D eigenvalue weighted by Gasteiger charge is 2.03. The van der Waals surface area contributed by atoms with Crippen molar-refractivity contribution in [2.75, 3.05) is 0 Å². The minimum Gasteiger partial charge on any atom is -0.120 e. The molecule has 0 aromatic carbocycles. The van der Waals surface area contributed by atoms with Crippen molar-refractivity contribution in [3.63, 3.8) is 0 Å². The molecule has 0 saturated carbocycles. The molecule has 0 N–H and O–H groups in total. The summed E-state index contributed by atoms with van der Waals surface area (Å²) in [5.74, 6) is 3.22. The average Bonchev–Trinajstić information content (AvgIpc) is 2.14. The molecule has 0 saturated heterocycles. The van der Waals surface area contributed by atoms with E-state index in [0.29, 0.717) is 5.92 Å². The van der Waals surface area contributed by atoms with Gasteiger partial charge in [0.25, 0.3) is 0 Å². The van der Waals surface area contributed by atoms with E-state index in [1.165, 1.54) is 0 Å². The molecule has 0 unspecified atom stereocenters. The summed E-state index contributed by atoms with van der Waals surface area (Å²) in [5, 5.41) is 0. The van der Waals surface area contributed by atoms with Crippen molar-refractivity contribution in [2.45, 2.75) is 12.8 Å². The summed E-state index contributed by atoms with van der Waals surface area (Å²) in [7, 11) is 0. The first-order chi connectivity index (χ1) is 3.43. The van der Waals surface area contributed by atoms with E-state index in [0.717, 1.165) is 12.8 Å². The first-order valence-corrected chi connectivity index (χ1v) is 2.54. The van der Waals surface area contributed by atoms with Crippen molar-refractivity contribution in [1.29, 1.82) is 0 Å². The van der Waals surface area contributed by atoms with Crippen molar-refractivity contribution in [3.8, 4) is 12.3 Å². The Hall–Kier alpha value is -0.700. The average molecular weight is 92.1 g/mol. The van der Waals surface area contributed by atoms with Crippen LogP contribution in [0.25, 0.3) is 0 Å². The van der Waals surface area contributed by atoms with Crippen LogP contribution in [0, 0.1) is 18.3 Å². The maximum atomic E-state index is 5.14. The smallest absolute Gasteiger partial charge is 0.0269 e. The largest absolute Gasteiger partial charge is 0.120 e. The first-order valence-electron chi connectivity index (χ1n) is 2.54. The van der Waals surface area contributed by atoms with Crippen LogP contribution >= 0.6 is 0 Å². The standard InChI is InChI=1S/C7H8/c1-2-7-5-3-4-6-7/h1,3-4,7H,5-6H2.